The van der Waals surface area contributed by atoms with Crippen LogP contribution >= 0.6 is 11.8 Å². The van der Waals surface area contributed by atoms with Gasteiger partial charge in [0.2, 0.25) is 0 Å². The van der Waals surface area contributed by atoms with E-state index >= 15 is 0 Å². The molecule has 1 N–H and O–H groups in total. The van der Waals surface area contributed by atoms with Gasteiger partial charge in [0.15, 0.2) is 0 Å². The number of thioether (sulfide) groups is 1. The van der Waals surface area contributed by atoms with Crippen molar-refractivity contribution < 1.29 is 14.6 Å². The molecule has 0 bridgehead atoms. The molecule has 1 aliphatic rings. The molecule has 2 unspecified atom stereocenters. The lowest BCUT2D eigenvalue weighted by molar-refractivity contribution is 0.0699. The molecule has 0 amide bonds. The number of benzene rings is 2. The highest BCUT2D eigenvalue weighted by Crippen LogP contribution is 2.37. The normalized spacial score (nSPS) is 22.2. The molecule has 1 saturated heterocycles. The minimum atomic E-state index is -0.879. The van der Waals surface area contributed by atoms with E-state index in [-0.39, 0.29) is 6.10 Å². The molecule has 0 saturated carbocycles. The van der Waals surface area contributed by atoms with Crippen molar-refractivity contribution in [1.82, 2.24) is 0 Å². The molecule has 1 aliphatic heterocycles. The van der Waals surface area contributed by atoms with Gasteiger partial charge in [-0.3, -0.25) is 0 Å². The lowest BCUT2D eigenvalue weighted by Gasteiger charge is -2.15. The number of rotatable bonds is 3. The summed E-state index contributed by atoms with van der Waals surface area (Å²) in [7, 11) is 0. The molecule has 0 aliphatic carbocycles. The summed E-state index contributed by atoms with van der Waals surface area (Å²) in [5.41, 5.74) is 0.362. The van der Waals surface area contributed by atoms with Crippen LogP contribution in [0.1, 0.15) is 23.7 Å². The first-order chi connectivity index (χ1) is 9.66. The molecule has 104 valence electrons. The fourth-order valence-electron chi connectivity index (χ4n) is 2.59. The van der Waals surface area contributed by atoms with E-state index in [2.05, 4.69) is 6.92 Å². The van der Waals surface area contributed by atoms with Gasteiger partial charge in [-0.05, 0) is 36.2 Å². The smallest absolute Gasteiger partial charge is 0.336 e. The van der Waals surface area contributed by atoms with Crippen LogP contribution < -0.4 is 0 Å². The summed E-state index contributed by atoms with van der Waals surface area (Å²) in [6.07, 6.45) is 1.29. The van der Waals surface area contributed by atoms with Gasteiger partial charge in [-0.15, -0.1) is 11.8 Å². The van der Waals surface area contributed by atoms with Crippen molar-refractivity contribution >= 4 is 28.5 Å². The Labute approximate surface area is 121 Å². The SMILES string of the molecule is CC1OCCC1Sc1ccc(C(=O)O)c2ccccc12. The molecule has 4 heteroatoms. The molecule has 2 aromatic carbocycles. The fraction of sp³-hybridized carbons (Fsp3) is 0.312. The predicted molar refractivity (Wildman–Crippen MR) is 80.6 cm³/mol. The zero-order chi connectivity index (χ0) is 14.1. The van der Waals surface area contributed by atoms with Gasteiger partial charge in [0, 0.05) is 16.8 Å². The van der Waals surface area contributed by atoms with Crippen LogP contribution in [0.4, 0.5) is 0 Å². The summed E-state index contributed by atoms with van der Waals surface area (Å²) in [5.74, 6) is -0.879. The van der Waals surface area contributed by atoms with Crippen molar-refractivity contribution in [2.45, 2.75) is 29.6 Å². The summed E-state index contributed by atoms with van der Waals surface area (Å²) < 4.78 is 5.60. The molecule has 0 spiro atoms. The molecule has 2 atom stereocenters. The van der Waals surface area contributed by atoms with E-state index in [0.29, 0.717) is 10.8 Å². The highest BCUT2D eigenvalue weighted by Gasteiger charge is 2.26. The van der Waals surface area contributed by atoms with Crippen LogP contribution in [0.5, 0.6) is 0 Å². The van der Waals surface area contributed by atoms with Gasteiger partial charge in [-0.1, -0.05) is 24.3 Å². The van der Waals surface area contributed by atoms with Crippen LogP contribution in [-0.2, 0) is 4.74 Å². The monoisotopic (exact) mass is 288 g/mol. The zero-order valence-corrected chi connectivity index (χ0v) is 12.0. The average molecular weight is 288 g/mol. The lowest BCUT2D eigenvalue weighted by Crippen LogP contribution is -2.13. The Morgan fingerprint density at radius 3 is 2.65 bits per heavy atom. The number of carboxylic acid groups (broad SMARTS) is 1. The Bertz CT molecular complexity index is 653. The minimum absolute atomic E-state index is 0.248. The van der Waals surface area contributed by atoms with Crippen LogP contribution in [0.15, 0.2) is 41.3 Å². The summed E-state index contributed by atoms with van der Waals surface area (Å²) in [4.78, 5) is 12.4. The highest BCUT2D eigenvalue weighted by atomic mass is 32.2. The maximum Gasteiger partial charge on any atom is 0.336 e. The van der Waals surface area contributed by atoms with Crippen molar-refractivity contribution in [1.29, 1.82) is 0 Å². The van der Waals surface area contributed by atoms with E-state index in [1.165, 1.54) is 0 Å². The van der Waals surface area contributed by atoms with Crippen molar-refractivity contribution in [3.63, 3.8) is 0 Å². The topological polar surface area (TPSA) is 46.5 Å². The van der Waals surface area contributed by atoms with Crippen molar-refractivity contribution in [2.75, 3.05) is 6.61 Å². The van der Waals surface area contributed by atoms with E-state index < -0.39 is 5.97 Å². The first kappa shape index (κ1) is 13.5. The summed E-state index contributed by atoms with van der Waals surface area (Å²) >= 11 is 1.79. The molecule has 3 rings (SSSR count). The molecule has 0 radical (unpaired) electrons. The molecule has 0 aromatic heterocycles. The summed E-state index contributed by atoms with van der Waals surface area (Å²) in [6, 6.07) is 11.3. The number of fused-ring (bicyclic) bond motifs is 1. The van der Waals surface area contributed by atoms with Gasteiger partial charge < -0.3 is 9.84 Å². The van der Waals surface area contributed by atoms with Gasteiger partial charge in [-0.2, -0.15) is 0 Å². The zero-order valence-electron chi connectivity index (χ0n) is 11.2. The third kappa shape index (κ3) is 2.41. The van der Waals surface area contributed by atoms with Crippen molar-refractivity contribution in [3.05, 3.63) is 42.0 Å². The van der Waals surface area contributed by atoms with Crippen molar-refractivity contribution in [3.8, 4) is 0 Å². The number of hydrogen-bond acceptors (Lipinski definition) is 3. The Balaban J connectivity index is 2.04. The first-order valence-corrected chi connectivity index (χ1v) is 7.58. The van der Waals surface area contributed by atoms with Crippen LogP contribution in [0.2, 0.25) is 0 Å². The van der Waals surface area contributed by atoms with Crippen LogP contribution in [0, 0.1) is 0 Å². The molecular weight excluding hydrogens is 272 g/mol. The number of hydrogen-bond donors (Lipinski definition) is 1. The average Bonchev–Trinajstić information content (AvgIpc) is 2.84. The lowest BCUT2D eigenvalue weighted by atomic mass is 10.0. The highest BCUT2D eigenvalue weighted by molar-refractivity contribution is 8.00. The van der Waals surface area contributed by atoms with Gasteiger partial charge in [-0.25, -0.2) is 4.79 Å². The quantitative estimate of drug-likeness (QED) is 0.933. The Kier molecular flexibility index (Phi) is 3.68. The molecule has 1 fully saturated rings. The maximum atomic E-state index is 11.3. The van der Waals surface area contributed by atoms with Crippen LogP contribution in [-0.4, -0.2) is 29.0 Å². The third-order valence-electron chi connectivity index (χ3n) is 3.70. The van der Waals surface area contributed by atoms with Gasteiger partial charge in [0.05, 0.1) is 11.7 Å². The van der Waals surface area contributed by atoms with E-state index in [4.69, 9.17) is 4.74 Å². The molecule has 1 heterocycles. The number of ether oxygens (including phenoxy) is 1. The number of carbonyl (C=O) groups is 1. The second-order valence-corrected chi connectivity index (χ2v) is 6.26. The van der Waals surface area contributed by atoms with Gasteiger partial charge in [0.1, 0.15) is 0 Å². The molecule has 3 nitrogen and oxygen atoms in total. The predicted octanol–water partition coefficient (Wildman–Crippen LogP) is 3.81. The summed E-state index contributed by atoms with van der Waals surface area (Å²) in [5, 5.41) is 11.5. The second-order valence-electron chi connectivity index (χ2n) is 4.98. The maximum absolute atomic E-state index is 11.3. The van der Waals surface area contributed by atoms with E-state index in [1.54, 1.807) is 17.8 Å². The van der Waals surface area contributed by atoms with E-state index in [0.717, 1.165) is 28.7 Å². The Morgan fingerprint density at radius 2 is 2.00 bits per heavy atom. The molecular formula is C16H16O3S. The van der Waals surface area contributed by atoms with E-state index in [9.17, 15) is 9.90 Å². The number of aromatic carboxylic acids is 1. The fourth-order valence-corrected chi connectivity index (χ4v) is 3.85. The standard InChI is InChI=1S/C16H16O3S/c1-10-14(8-9-19-10)20-15-7-6-13(16(17)18)11-4-2-3-5-12(11)15/h2-7,10,14H,8-9H2,1H3,(H,17,18). The summed E-state index contributed by atoms with van der Waals surface area (Å²) in [6.45, 7) is 2.91. The van der Waals surface area contributed by atoms with Crippen LogP contribution in [0.3, 0.4) is 0 Å². The molecule has 2 aromatic rings. The third-order valence-corrected chi connectivity index (χ3v) is 5.23. The van der Waals surface area contributed by atoms with Gasteiger partial charge >= 0.3 is 5.97 Å². The van der Waals surface area contributed by atoms with Gasteiger partial charge in [0.25, 0.3) is 0 Å². The second kappa shape index (κ2) is 5.46. The minimum Gasteiger partial charge on any atom is -0.478 e. The van der Waals surface area contributed by atoms with E-state index in [1.807, 2.05) is 30.3 Å². The molecule has 20 heavy (non-hydrogen) atoms. The Morgan fingerprint density at radius 1 is 1.25 bits per heavy atom. The Hall–Kier alpha value is -1.52. The first-order valence-electron chi connectivity index (χ1n) is 6.70. The largest absolute Gasteiger partial charge is 0.478 e. The number of carboxylic acids is 1. The van der Waals surface area contributed by atoms with Crippen LogP contribution in [0.25, 0.3) is 10.8 Å². The van der Waals surface area contributed by atoms with Crippen molar-refractivity contribution in [2.24, 2.45) is 0 Å².